The van der Waals surface area contributed by atoms with Crippen molar-refractivity contribution >= 4 is 16.9 Å². The van der Waals surface area contributed by atoms with E-state index in [-0.39, 0.29) is 22.7 Å². The molecule has 2 aromatic heterocycles. The van der Waals surface area contributed by atoms with E-state index in [1.54, 1.807) is 0 Å². The third kappa shape index (κ3) is 2.55. The van der Waals surface area contributed by atoms with Gasteiger partial charge in [-0.25, -0.2) is 9.78 Å². The molecule has 3 aromatic rings. The molecule has 26 heavy (non-hydrogen) atoms. The first-order chi connectivity index (χ1) is 12.3. The Labute approximate surface area is 150 Å². The number of benzene rings is 1. The van der Waals surface area contributed by atoms with Crippen LogP contribution in [0.25, 0.3) is 11.0 Å². The lowest BCUT2D eigenvalue weighted by molar-refractivity contribution is 0.371. The van der Waals surface area contributed by atoms with Crippen molar-refractivity contribution in [1.29, 1.82) is 0 Å². The minimum Gasteiger partial charge on any atom is -0.354 e. The highest BCUT2D eigenvalue weighted by molar-refractivity contribution is 5.76. The second kappa shape index (κ2) is 5.59. The van der Waals surface area contributed by atoms with Crippen LogP contribution in [-0.4, -0.2) is 32.2 Å². The van der Waals surface area contributed by atoms with Gasteiger partial charge in [-0.05, 0) is 12.1 Å². The molecule has 0 amide bonds. The first-order valence-electron chi connectivity index (χ1n) is 8.78. The number of nitrogens with one attached hydrogen (secondary N) is 1. The van der Waals surface area contributed by atoms with E-state index < -0.39 is 0 Å². The number of rotatable bonds is 2. The standard InChI is InChI=1S/C19H23N5O2/c1-19(2,3)17-20-13-7-5-6-8-14(13)24(17)12-10-23(11-12)15-9-16(25)22(4)18(26)21-15/h5-9,12H,10-11H2,1-4H3,(H,21,26). The normalized spacial score (nSPS) is 15.5. The van der Waals surface area contributed by atoms with Gasteiger partial charge >= 0.3 is 5.69 Å². The predicted molar refractivity (Wildman–Crippen MR) is 102 cm³/mol. The number of aromatic nitrogens is 4. The van der Waals surface area contributed by atoms with Crippen molar-refractivity contribution in [3.05, 3.63) is 57.0 Å². The van der Waals surface area contributed by atoms with E-state index in [1.165, 1.54) is 13.1 Å². The number of hydrogen-bond donors (Lipinski definition) is 1. The highest BCUT2D eigenvalue weighted by Crippen LogP contribution is 2.34. The summed E-state index contributed by atoms with van der Waals surface area (Å²) in [5.41, 5.74) is 1.36. The van der Waals surface area contributed by atoms with Crippen LogP contribution in [0.3, 0.4) is 0 Å². The number of hydrogen-bond acceptors (Lipinski definition) is 4. The van der Waals surface area contributed by atoms with Crippen LogP contribution < -0.4 is 16.1 Å². The zero-order valence-corrected chi connectivity index (χ0v) is 15.5. The number of imidazole rings is 1. The van der Waals surface area contributed by atoms with Gasteiger partial charge in [0.1, 0.15) is 11.6 Å². The molecule has 7 heteroatoms. The third-order valence-electron chi connectivity index (χ3n) is 4.97. The summed E-state index contributed by atoms with van der Waals surface area (Å²) in [5, 5.41) is 0. The van der Waals surface area contributed by atoms with Gasteiger partial charge in [-0.15, -0.1) is 0 Å². The van der Waals surface area contributed by atoms with Crippen molar-refractivity contribution in [1.82, 2.24) is 19.1 Å². The second-order valence-electron chi connectivity index (χ2n) is 7.96. The Balaban J connectivity index is 1.69. The number of aromatic amines is 1. The minimum absolute atomic E-state index is 0.0730. The van der Waals surface area contributed by atoms with Gasteiger partial charge in [-0.1, -0.05) is 32.9 Å². The topological polar surface area (TPSA) is 75.9 Å². The molecule has 1 fully saturated rings. The maximum Gasteiger partial charge on any atom is 0.329 e. The van der Waals surface area contributed by atoms with Crippen LogP contribution in [0.5, 0.6) is 0 Å². The fourth-order valence-electron chi connectivity index (χ4n) is 3.47. The molecule has 0 saturated carbocycles. The maximum atomic E-state index is 11.9. The van der Waals surface area contributed by atoms with Gasteiger partial charge in [0.2, 0.25) is 0 Å². The molecule has 0 atom stereocenters. The van der Waals surface area contributed by atoms with Crippen LogP contribution in [0.15, 0.2) is 39.9 Å². The number of H-pyrrole nitrogens is 1. The van der Waals surface area contributed by atoms with Crippen LogP contribution in [0.4, 0.5) is 5.82 Å². The van der Waals surface area contributed by atoms with E-state index in [0.717, 1.165) is 34.5 Å². The Morgan fingerprint density at radius 2 is 1.85 bits per heavy atom. The molecule has 4 rings (SSSR count). The number of fused-ring (bicyclic) bond motifs is 1. The second-order valence-corrected chi connectivity index (χ2v) is 7.96. The van der Waals surface area contributed by atoms with Crippen LogP contribution in [0.1, 0.15) is 32.6 Å². The summed E-state index contributed by atoms with van der Waals surface area (Å²) in [6.45, 7) is 7.96. The minimum atomic E-state index is -0.389. The van der Waals surface area contributed by atoms with Crippen molar-refractivity contribution in [2.45, 2.75) is 32.2 Å². The Hall–Kier alpha value is -2.83. The molecule has 136 valence electrons. The summed E-state index contributed by atoms with van der Waals surface area (Å²) in [6, 6.07) is 9.90. The summed E-state index contributed by atoms with van der Waals surface area (Å²) in [6.07, 6.45) is 0. The Morgan fingerprint density at radius 3 is 2.50 bits per heavy atom. The summed E-state index contributed by atoms with van der Waals surface area (Å²) < 4.78 is 3.38. The lowest BCUT2D eigenvalue weighted by Gasteiger charge is -2.42. The van der Waals surface area contributed by atoms with Gasteiger partial charge in [-0.3, -0.25) is 14.3 Å². The van der Waals surface area contributed by atoms with E-state index in [9.17, 15) is 9.59 Å². The summed E-state index contributed by atoms with van der Waals surface area (Å²) in [7, 11) is 1.47. The largest absolute Gasteiger partial charge is 0.354 e. The zero-order chi connectivity index (χ0) is 18.6. The molecule has 1 aromatic carbocycles. The monoisotopic (exact) mass is 353 g/mol. The van der Waals surface area contributed by atoms with E-state index >= 15 is 0 Å². The van der Waals surface area contributed by atoms with Gasteiger partial charge in [0.05, 0.1) is 17.1 Å². The SMILES string of the molecule is Cn1c(=O)cc(N2CC(n3c(C(C)(C)C)nc4ccccc43)C2)[nH]c1=O. The Bertz CT molecular complexity index is 1060. The van der Waals surface area contributed by atoms with Crippen molar-refractivity contribution < 1.29 is 0 Å². The molecule has 0 bridgehead atoms. The number of para-hydroxylation sites is 2. The quantitative estimate of drug-likeness (QED) is 0.762. The molecule has 0 aliphatic carbocycles. The third-order valence-corrected chi connectivity index (χ3v) is 4.97. The Morgan fingerprint density at radius 1 is 1.15 bits per heavy atom. The van der Waals surface area contributed by atoms with E-state index in [0.29, 0.717) is 5.82 Å². The highest BCUT2D eigenvalue weighted by Gasteiger charge is 2.34. The molecule has 7 nitrogen and oxygen atoms in total. The predicted octanol–water partition coefficient (Wildman–Crippen LogP) is 1.78. The fourth-order valence-corrected chi connectivity index (χ4v) is 3.47. The highest BCUT2D eigenvalue weighted by atomic mass is 16.2. The van der Waals surface area contributed by atoms with E-state index in [2.05, 4.69) is 36.4 Å². The van der Waals surface area contributed by atoms with Gasteiger partial charge in [0.25, 0.3) is 5.56 Å². The molecular weight excluding hydrogens is 330 g/mol. The van der Waals surface area contributed by atoms with Crippen LogP contribution >= 0.6 is 0 Å². The fraction of sp³-hybridized carbons (Fsp3) is 0.421. The lowest BCUT2D eigenvalue weighted by Crippen LogP contribution is -2.50. The number of nitrogens with zero attached hydrogens (tertiary/aromatic N) is 4. The molecule has 3 heterocycles. The van der Waals surface area contributed by atoms with Gasteiger partial charge < -0.3 is 9.47 Å². The molecule has 0 unspecified atom stereocenters. The molecule has 0 spiro atoms. The van der Waals surface area contributed by atoms with Gasteiger partial charge in [-0.2, -0.15) is 0 Å². The molecule has 1 N–H and O–H groups in total. The van der Waals surface area contributed by atoms with E-state index in [1.807, 2.05) is 23.1 Å². The maximum absolute atomic E-state index is 11.9. The molecule has 1 aliphatic heterocycles. The van der Waals surface area contributed by atoms with Crippen molar-refractivity contribution in [2.75, 3.05) is 18.0 Å². The lowest BCUT2D eigenvalue weighted by atomic mass is 9.94. The smallest absolute Gasteiger partial charge is 0.329 e. The van der Waals surface area contributed by atoms with Crippen LogP contribution in [0.2, 0.25) is 0 Å². The first kappa shape index (κ1) is 16.6. The Kier molecular flexibility index (Phi) is 3.57. The van der Waals surface area contributed by atoms with Crippen LogP contribution in [0, 0.1) is 0 Å². The first-order valence-corrected chi connectivity index (χ1v) is 8.78. The average molecular weight is 353 g/mol. The summed E-state index contributed by atoms with van der Waals surface area (Å²) in [5.74, 6) is 1.64. The summed E-state index contributed by atoms with van der Waals surface area (Å²) >= 11 is 0. The average Bonchev–Trinajstić information content (AvgIpc) is 2.91. The van der Waals surface area contributed by atoms with Gasteiger partial charge in [0, 0.05) is 31.6 Å². The van der Waals surface area contributed by atoms with Crippen molar-refractivity contribution in [3.8, 4) is 0 Å². The molecule has 1 aliphatic rings. The zero-order valence-electron chi connectivity index (χ0n) is 15.5. The van der Waals surface area contributed by atoms with Gasteiger partial charge in [0.15, 0.2) is 0 Å². The molecule has 0 radical (unpaired) electrons. The summed E-state index contributed by atoms with van der Waals surface area (Å²) in [4.78, 5) is 33.4. The van der Waals surface area contributed by atoms with Crippen LogP contribution in [-0.2, 0) is 12.5 Å². The molecular formula is C19H23N5O2. The van der Waals surface area contributed by atoms with E-state index in [4.69, 9.17) is 4.98 Å². The number of anilines is 1. The van der Waals surface area contributed by atoms with Crippen molar-refractivity contribution in [2.24, 2.45) is 7.05 Å². The molecule has 1 saturated heterocycles. The van der Waals surface area contributed by atoms with Crippen molar-refractivity contribution in [3.63, 3.8) is 0 Å².